The third kappa shape index (κ3) is 3.42. The highest BCUT2D eigenvalue weighted by Gasteiger charge is 2.26. The molecule has 9 heteroatoms. The minimum atomic E-state index is -0.766. The van der Waals surface area contributed by atoms with Crippen molar-refractivity contribution >= 4 is 54.1 Å². The van der Waals surface area contributed by atoms with Crippen LogP contribution >= 0.6 is 22.7 Å². The smallest absolute Gasteiger partial charge is 0.276 e. The van der Waals surface area contributed by atoms with E-state index < -0.39 is 11.6 Å². The number of pyridine rings is 1. The normalized spacial score (nSPS) is 11.3. The van der Waals surface area contributed by atoms with Crippen LogP contribution in [0.1, 0.15) is 15.5 Å². The van der Waals surface area contributed by atoms with Gasteiger partial charge in [-0.05, 0) is 30.3 Å². The van der Waals surface area contributed by atoms with Gasteiger partial charge < -0.3 is 0 Å². The molecule has 5 nitrogen and oxygen atoms in total. The first-order valence-electron chi connectivity index (χ1n) is 8.91. The first-order chi connectivity index (χ1) is 14.6. The van der Waals surface area contributed by atoms with Gasteiger partial charge in [0.1, 0.15) is 11.3 Å². The first kappa shape index (κ1) is 18.7. The second kappa shape index (κ2) is 7.51. The lowest BCUT2D eigenvalue weighted by Gasteiger charge is -2.18. The SMILES string of the molecule is O=C(c1nc2ccccc2s1)N(Cc1ccccn1)c1nc2c(F)cc(F)cc2s1. The second-order valence-electron chi connectivity index (χ2n) is 6.43. The molecule has 30 heavy (non-hydrogen) atoms. The number of hydrogen-bond acceptors (Lipinski definition) is 6. The van der Waals surface area contributed by atoms with Gasteiger partial charge >= 0.3 is 0 Å². The molecular weight excluding hydrogens is 426 g/mol. The molecule has 0 radical (unpaired) electrons. The fourth-order valence-electron chi connectivity index (χ4n) is 3.02. The van der Waals surface area contributed by atoms with Gasteiger partial charge in [0, 0.05) is 12.3 Å². The van der Waals surface area contributed by atoms with Crippen LogP contribution in [-0.4, -0.2) is 20.9 Å². The minimum absolute atomic E-state index is 0.0273. The molecule has 0 aliphatic rings. The zero-order valence-corrected chi connectivity index (χ0v) is 16.9. The Morgan fingerprint density at radius 2 is 1.80 bits per heavy atom. The number of carbonyl (C=O) groups is 1. The Bertz CT molecular complexity index is 1350. The van der Waals surface area contributed by atoms with Crippen molar-refractivity contribution in [2.75, 3.05) is 4.90 Å². The highest BCUT2D eigenvalue weighted by atomic mass is 32.1. The van der Waals surface area contributed by atoms with Crippen LogP contribution in [0.2, 0.25) is 0 Å². The van der Waals surface area contributed by atoms with Gasteiger partial charge in [0.25, 0.3) is 5.91 Å². The monoisotopic (exact) mass is 438 g/mol. The lowest BCUT2D eigenvalue weighted by atomic mass is 10.3. The van der Waals surface area contributed by atoms with Crippen molar-refractivity contribution < 1.29 is 13.6 Å². The maximum Gasteiger partial charge on any atom is 0.289 e. The van der Waals surface area contributed by atoms with Crippen LogP contribution < -0.4 is 4.90 Å². The Labute approximate surface area is 177 Å². The Morgan fingerprint density at radius 1 is 0.967 bits per heavy atom. The average Bonchev–Trinajstić information content (AvgIpc) is 3.36. The van der Waals surface area contributed by atoms with Crippen molar-refractivity contribution in [1.29, 1.82) is 0 Å². The van der Waals surface area contributed by atoms with Crippen molar-refractivity contribution in [1.82, 2.24) is 15.0 Å². The van der Waals surface area contributed by atoms with Crippen molar-refractivity contribution in [3.63, 3.8) is 0 Å². The van der Waals surface area contributed by atoms with E-state index in [-0.39, 0.29) is 28.1 Å². The van der Waals surface area contributed by atoms with E-state index in [1.807, 2.05) is 30.3 Å². The molecule has 0 unspecified atom stereocenters. The molecular formula is C21H12F2N4OS2. The molecule has 5 rings (SSSR count). The first-order valence-corrected chi connectivity index (χ1v) is 10.5. The Morgan fingerprint density at radius 3 is 2.60 bits per heavy atom. The Kier molecular flexibility index (Phi) is 4.68. The van der Waals surface area contributed by atoms with Crippen LogP contribution in [0, 0.1) is 11.6 Å². The number of anilines is 1. The van der Waals surface area contributed by atoms with E-state index in [9.17, 15) is 13.6 Å². The molecule has 0 saturated carbocycles. The number of para-hydroxylation sites is 1. The Balaban J connectivity index is 1.61. The van der Waals surface area contributed by atoms with E-state index in [1.165, 1.54) is 22.3 Å². The summed E-state index contributed by atoms with van der Waals surface area (Å²) in [6, 6.07) is 14.8. The molecule has 1 amide bonds. The summed E-state index contributed by atoms with van der Waals surface area (Å²) in [4.78, 5) is 27.8. The highest BCUT2D eigenvalue weighted by Crippen LogP contribution is 2.33. The number of rotatable bonds is 4. The van der Waals surface area contributed by atoms with E-state index in [1.54, 1.807) is 18.3 Å². The van der Waals surface area contributed by atoms with Crippen molar-refractivity contribution in [3.8, 4) is 0 Å². The van der Waals surface area contributed by atoms with Gasteiger partial charge in [0.15, 0.2) is 16.0 Å². The summed E-state index contributed by atoms with van der Waals surface area (Å²) in [7, 11) is 0. The van der Waals surface area contributed by atoms with Gasteiger partial charge in [-0.2, -0.15) is 0 Å². The van der Waals surface area contributed by atoms with Gasteiger partial charge in [0.2, 0.25) is 0 Å². The molecule has 5 aromatic rings. The standard InChI is InChI=1S/C21H12F2N4OS2/c22-12-9-14(23)18-17(10-12)30-21(26-18)27(11-13-5-3-4-8-24-13)20(28)19-25-15-6-1-2-7-16(15)29-19/h1-10H,11H2. The number of halogens is 2. The van der Waals surface area contributed by atoms with Crippen molar-refractivity contribution in [2.45, 2.75) is 6.54 Å². The summed E-state index contributed by atoms with van der Waals surface area (Å²) in [6.07, 6.45) is 1.63. The molecule has 2 aromatic carbocycles. The number of carbonyl (C=O) groups excluding carboxylic acids is 1. The molecule has 0 fully saturated rings. The van der Waals surface area contributed by atoms with Crippen LogP contribution in [0.4, 0.5) is 13.9 Å². The lowest BCUT2D eigenvalue weighted by Crippen LogP contribution is -2.30. The van der Waals surface area contributed by atoms with Crippen LogP contribution in [0.15, 0.2) is 60.8 Å². The predicted octanol–water partition coefficient (Wildman–Crippen LogP) is 5.43. The van der Waals surface area contributed by atoms with Crippen LogP contribution in [0.3, 0.4) is 0 Å². The minimum Gasteiger partial charge on any atom is -0.276 e. The van der Waals surface area contributed by atoms with E-state index in [0.717, 1.165) is 27.6 Å². The zero-order valence-electron chi connectivity index (χ0n) is 15.3. The summed E-state index contributed by atoms with van der Waals surface area (Å²) in [5.41, 5.74) is 1.39. The summed E-state index contributed by atoms with van der Waals surface area (Å²) in [6.45, 7) is 0.125. The van der Waals surface area contributed by atoms with Gasteiger partial charge in [-0.25, -0.2) is 18.7 Å². The third-order valence-corrected chi connectivity index (χ3v) is 6.45. The van der Waals surface area contributed by atoms with E-state index in [4.69, 9.17) is 0 Å². The van der Waals surface area contributed by atoms with Crippen molar-refractivity contribution in [2.24, 2.45) is 0 Å². The van der Waals surface area contributed by atoms with Gasteiger partial charge in [-0.15, -0.1) is 11.3 Å². The molecule has 148 valence electrons. The summed E-state index contributed by atoms with van der Waals surface area (Å²) < 4.78 is 29.0. The summed E-state index contributed by atoms with van der Waals surface area (Å²) >= 11 is 2.32. The predicted molar refractivity (Wildman–Crippen MR) is 114 cm³/mol. The molecule has 0 saturated heterocycles. The highest BCUT2D eigenvalue weighted by molar-refractivity contribution is 7.22. The Hall–Kier alpha value is -3.30. The van der Waals surface area contributed by atoms with Crippen LogP contribution in [0.25, 0.3) is 20.4 Å². The number of amides is 1. The fraction of sp³-hybridized carbons (Fsp3) is 0.0476. The van der Waals surface area contributed by atoms with Crippen molar-refractivity contribution in [3.05, 3.63) is 83.1 Å². The quantitative estimate of drug-likeness (QED) is 0.376. The fourth-order valence-corrected chi connectivity index (χ4v) is 4.94. The number of nitrogens with zero attached hydrogens (tertiary/aromatic N) is 4. The number of fused-ring (bicyclic) bond motifs is 2. The zero-order chi connectivity index (χ0) is 20.7. The molecule has 0 aliphatic heterocycles. The average molecular weight is 438 g/mol. The third-order valence-electron chi connectivity index (χ3n) is 4.40. The second-order valence-corrected chi connectivity index (χ2v) is 8.47. The maximum absolute atomic E-state index is 14.2. The lowest BCUT2D eigenvalue weighted by molar-refractivity contribution is 0.0984. The van der Waals surface area contributed by atoms with Crippen LogP contribution in [0.5, 0.6) is 0 Å². The molecule has 0 aliphatic carbocycles. The number of hydrogen-bond donors (Lipinski definition) is 0. The molecule has 0 N–H and O–H groups in total. The largest absolute Gasteiger partial charge is 0.289 e. The molecule has 3 aromatic heterocycles. The number of aromatic nitrogens is 3. The summed E-state index contributed by atoms with van der Waals surface area (Å²) in [5, 5.41) is 0.544. The van der Waals surface area contributed by atoms with E-state index in [2.05, 4.69) is 15.0 Å². The molecule has 0 bridgehead atoms. The van der Waals surface area contributed by atoms with Gasteiger partial charge in [-0.1, -0.05) is 29.5 Å². The van der Waals surface area contributed by atoms with Crippen LogP contribution in [-0.2, 0) is 6.54 Å². The number of benzene rings is 2. The molecule has 3 heterocycles. The van der Waals surface area contributed by atoms with Gasteiger partial charge in [-0.3, -0.25) is 14.7 Å². The summed E-state index contributed by atoms with van der Waals surface area (Å²) in [5.74, 6) is -1.83. The maximum atomic E-state index is 14.2. The number of thiazole rings is 2. The molecule has 0 atom stereocenters. The molecule has 0 spiro atoms. The van der Waals surface area contributed by atoms with E-state index in [0.29, 0.717) is 10.4 Å². The topological polar surface area (TPSA) is 59.0 Å². The van der Waals surface area contributed by atoms with Gasteiger partial charge in [0.05, 0.1) is 27.2 Å². The van der Waals surface area contributed by atoms with E-state index >= 15 is 0 Å².